The second-order valence-electron chi connectivity index (χ2n) is 15.4. The van der Waals surface area contributed by atoms with E-state index in [2.05, 4.69) is 133 Å². The van der Waals surface area contributed by atoms with E-state index in [0.717, 1.165) is 134 Å². The highest BCUT2D eigenvalue weighted by Crippen LogP contribution is 2.60. The number of fused-ring (bicyclic) bond motifs is 12. The molecule has 2 aromatic heterocycles. The quantitative estimate of drug-likeness (QED) is 0.164. The van der Waals surface area contributed by atoms with Crippen LogP contribution in [0.25, 0.3) is 65.4 Å². The number of furan rings is 2. The third-order valence-electron chi connectivity index (χ3n) is 11.9. The summed E-state index contributed by atoms with van der Waals surface area (Å²) < 4.78 is 26.5. The molecule has 2 aliphatic heterocycles. The van der Waals surface area contributed by atoms with Crippen LogP contribution in [-0.4, -0.2) is 0 Å². The molecule has 4 heterocycles. The summed E-state index contributed by atoms with van der Waals surface area (Å²) in [7, 11) is 0. The van der Waals surface area contributed by atoms with Gasteiger partial charge >= 0.3 is 0 Å². The van der Waals surface area contributed by atoms with Gasteiger partial charge in [0, 0.05) is 55.2 Å². The number of anilines is 6. The third kappa shape index (κ3) is 4.31. The zero-order valence-electron chi connectivity index (χ0n) is 31.5. The van der Waals surface area contributed by atoms with E-state index in [1.54, 1.807) is 0 Å². The van der Waals surface area contributed by atoms with Crippen LogP contribution in [0.2, 0.25) is 0 Å². The Balaban J connectivity index is 1.15. The van der Waals surface area contributed by atoms with Crippen molar-refractivity contribution in [3.8, 4) is 23.0 Å². The van der Waals surface area contributed by atoms with Crippen molar-refractivity contribution in [2.45, 2.75) is 13.8 Å². The minimum absolute atomic E-state index is 0.772. The second kappa shape index (κ2) is 11.4. The van der Waals surface area contributed by atoms with E-state index < -0.39 is 0 Å². The molecule has 0 saturated carbocycles. The molecule has 0 amide bonds. The molecular weight excluding hydrogens is 717 g/mol. The van der Waals surface area contributed by atoms with Crippen molar-refractivity contribution in [3.63, 3.8) is 0 Å². The van der Waals surface area contributed by atoms with Gasteiger partial charge in [-0.05, 0) is 74.5 Å². The summed E-state index contributed by atoms with van der Waals surface area (Å²) in [5.74, 6) is 3.12. The van der Waals surface area contributed by atoms with Gasteiger partial charge in [0.2, 0.25) is 0 Å². The molecule has 0 atom stereocenters. The van der Waals surface area contributed by atoms with E-state index in [1.165, 1.54) is 0 Å². The van der Waals surface area contributed by atoms with Gasteiger partial charge in [0.1, 0.15) is 22.3 Å². The van der Waals surface area contributed by atoms with Gasteiger partial charge in [0.15, 0.2) is 23.0 Å². The number of hydrogen-bond acceptors (Lipinski definition) is 6. The largest absolute Gasteiger partial charge is 0.456 e. The van der Waals surface area contributed by atoms with Crippen LogP contribution in [0.3, 0.4) is 0 Å². The van der Waals surface area contributed by atoms with Crippen molar-refractivity contribution in [2.75, 3.05) is 9.80 Å². The lowest BCUT2D eigenvalue weighted by Gasteiger charge is -2.37. The lowest BCUT2D eigenvalue weighted by molar-refractivity contribution is 0.477. The normalized spacial score (nSPS) is 13.2. The van der Waals surface area contributed by atoms with Crippen LogP contribution in [0.4, 0.5) is 34.1 Å². The summed E-state index contributed by atoms with van der Waals surface area (Å²) in [5, 5.41) is 8.58. The van der Waals surface area contributed by atoms with Gasteiger partial charge in [-0.15, -0.1) is 0 Å². The van der Waals surface area contributed by atoms with Crippen molar-refractivity contribution in [3.05, 3.63) is 169 Å². The molecule has 0 saturated heterocycles. The molecule has 0 aliphatic carbocycles. The molecule has 2 aliphatic rings. The first-order valence-electron chi connectivity index (χ1n) is 19.6. The van der Waals surface area contributed by atoms with E-state index in [9.17, 15) is 0 Å². The van der Waals surface area contributed by atoms with E-state index in [1.807, 2.05) is 48.5 Å². The summed E-state index contributed by atoms with van der Waals surface area (Å²) in [6.45, 7) is 4.33. The Labute approximate surface area is 332 Å². The van der Waals surface area contributed by atoms with E-state index in [4.69, 9.17) is 18.3 Å². The molecule has 274 valence electrons. The SMILES string of the molecule is Cc1ccc2c(N3c4ccccc4Oc4cc5c(cc43)oc3ccccc35)c3cc(C)ccc3c(N3c4ccccc4Oc4cc5c(cc43)oc3ccccc35)c2c1. The summed E-state index contributed by atoms with van der Waals surface area (Å²) >= 11 is 0. The summed E-state index contributed by atoms with van der Waals surface area (Å²) in [6, 6.07) is 55.2. The van der Waals surface area contributed by atoms with Crippen molar-refractivity contribution in [1.82, 2.24) is 0 Å². The van der Waals surface area contributed by atoms with Crippen LogP contribution < -0.4 is 19.3 Å². The van der Waals surface area contributed by atoms with Gasteiger partial charge in [-0.25, -0.2) is 0 Å². The van der Waals surface area contributed by atoms with Crippen LogP contribution in [-0.2, 0) is 0 Å². The van der Waals surface area contributed by atoms with Gasteiger partial charge in [-0.2, -0.15) is 0 Å². The Hall–Kier alpha value is -7.70. The molecule has 11 aromatic rings. The zero-order valence-corrected chi connectivity index (χ0v) is 31.5. The van der Waals surface area contributed by atoms with Crippen LogP contribution >= 0.6 is 0 Å². The Kier molecular flexibility index (Phi) is 6.21. The summed E-state index contributed by atoms with van der Waals surface area (Å²) in [4.78, 5) is 4.76. The molecule has 0 bridgehead atoms. The molecular formula is C52H32N2O4. The van der Waals surface area contributed by atoms with Gasteiger partial charge in [0.05, 0.1) is 34.1 Å². The zero-order chi connectivity index (χ0) is 38.2. The second-order valence-corrected chi connectivity index (χ2v) is 15.4. The van der Waals surface area contributed by atoms with Crippen LogP contribution in [0.15, 0.2) is 167 Å². The first kappa shape index (κ1) is 31.5. The Morgan fingerprint density at radius 3 is 1.22 bits per heavy atom. The van der Waals surface area contributed by atoms with Gasteiger partial charge < -0.3 is 28.1 Å². The lowest BCUT2D eigenvalue weighted by atomic mass is 9.92. The van der Waals surface area contributed by atoms with Crippen molar-refractivity contribution in [1.29, 1.82) is 0 Å². The molecule has 0 fully saturated rings. The maximum atomic E-state index is 6.76. The monoisotopic (exact) mass is 748 g/mol. The third-order valence-corrected chi connectivity index (χ3v) is 11.9. The lowest BCUT2D eigenvalue weighted by Crippen LogP contribution is -2.19. The Morgan fingerprint density at radius 1 is 0.310 bits per heavy atom. The van der Waals surface area contributed by atoms with Crippen LogP contribution in [0.5, 0.6) is 23.0 Å². The number of para-hydroxylation sites is 6. The van der Waals surface area contributed by atoms with Crippen molar-refractivity contribution < 1.29 is 18.3 Å². The summed E-state index contributed by atoms with van der Waals surface area (Å²) in [5.41, 5.74) is 11.5. The molecule has 9 aromatic carbocycles. The topological polar surface area (TPSA) is 51.2 Å². The van der Waals surface area contributed by atoms with Crippen LogP contribution in [0, 0.1) is 13.8 Å². The van der Waals surface area contributed by atoms with Crippen molar-refractivity contribution >= 4 is 99.5 Å². The Morgan fingerprint density at radius 2 is 0.741 bits per heavy atom. The van der Waals surface area contributed by atoms with Gasteiger partial charge in [-0.1, -0.05) is 96.1 Å². The number of nitrogens with zero attached hydrogens (tertiary/aromatic N) is 2. The minimum Gasteiger partial charge on any atom is -0.456 e. The predicted octanol–water partition coefficient (Wildman–Crippen LogP) is 15.6. The fourth-order valence-electron chi connectivity index (χ4n) is 9.32. The maximum absolute atomic E-state index is 6.76. The number of rotatable bonds is 2. The molecule has 0 N–H and O–H groups in total. The number of hydrogen-bond donors (Lipinski definition) is 0. The number of aryl methyl sites for hydroxylation is 2. The molecule has 0 radical (unpaired) electrons. The maximum Gasteiger partial charge on any atom is 0.152 e. The first-order chi connectivity index (χ1) is 28.6. The van der Waals surface area contributed by atoms with Crippen molar-refractivity contribution in [2.24, 2.45) is 0 Å². The molecule has 0 unspecified atom stereocenters. The molecule has 58 heavy (non-hydrogen) atoms. The summed E-state index contributed by atoms with van der Waals surface area (Å²) in [6.07, 6.45) is 0. The fraction of sp³-hybridized carbons (Fsp3) is 0.0385. The standard InChI is InChI=1S/C52H32N2O4/c1-29-19-21-33-37(23-29)51(53-39-13-5-9-17-45(39)57-49-25-35-31-11-3-7-15-43(31)55-47(35)27-41(49)53)34-22-20-30(2)24-38(34)52(33)54-40-14-6-10-18-46(40)58-50-26-36-32-12-4-8-16-44(32)56-48(36)28-42(50)54/h3-28H,1-2H3. The first-order valence-corrected chi connectivity index (χ1v) is 19.6. The molecule has 6 nitrogen and oxygen atoms in total. The molecule has 0 spiro atoms. The molecule has 6 heteroatoms. The highest BCUT2D eigenvalue weighted by molar-refractivity contribution is 6.25. The highest BCUT2D eigenvalue weighted by Gasteiger charge is 2.34. The predicted molar refractivity (Wildman–Crippen MR) is 235 cm³/mol. The minimum atomic E-state index is 0.772. The number of ether oxygens (including phenoxy) is 2. The fourth-order valence-corrected chi connectivity index (χ4v) is 9.32. The smallest absolute Gasteiger partial charge is 0.152 e. The average Bonchev–Trinajstić information content (AvgIpc) is 3.80. The van der Waals surface area contributed by atoms with Crippen LogP contribution in [0.1, 0.15) is 11.1 Å². The average molecular weight is 749 g/mol. The van der Waals surface area contributed by atoms with E-state index in [-0.39, 0.29) is 0 Å². The number of benzene rings is 9. The van der Waals surface area contributed by atoms with Gasteiger partial charge in [-0.3, -0.25) is 0 Å². The van der Waals surface area contributed by atoms with E-state index >= 15 is 0 Å². The van der Waals surface area contributed by atoms with E-state index in [0.29, 0.717) is 0 Å². The highest BCUT2D eigenvalue weighted by atomic mass is 16.5. The molecule has 13 rings (SSSR count). The van der Waals surface area contributed by atoms with Gasteiger partial charge in [0.25, 0.3) is 0 Å². The Bertz CT molecular complexity index is 3340.